The molecule has 15 heavy (non-hydrogen) atoms. The second kappa shape index (κ2) is 5.57. The summed E-state index contributed by atoms with van der Waals surface area (Å²) in [6.07, 6.45) is 2.84. The molecule has 0 heterocycles. The third kappa shape index (κ3) is 3.54. The first-order valence-corrected chi connectivity index (χ1v) is 6.80. The summed E-state index contributed by atoms with van der Waals surface area (Å²) in [4.78, 5) is 4.00. The Morgan fingerprint density at radius 2 is 2.00 bits per heavy atom. The van der Waals surface area contributed by atoms with Gasteiger partial charge in [0.15, 0.2) is 0 Å². The third-order valence-electron chi connectivity index (χ3n) is 2.86. The average molecular weight is 221 g/mol. The van der Waals surface area contributed by atoms with E-state index in [1.54, 1.807) is 0 Å². The second-order valence-corrected chi connectivity index (χ2v) is 5.19. The van der Waals surface area contributed by atoms with E-state index in [0.29, 0.717) is 0 Å². The molecule has 2 rings (SSSR count). The summed E-state index contributed by atoms with van der Waals surface area (Å²) in [7, 11) is 0. The molecule has 1 fully saturated rings. The fourth-order valence-corrected chi connectivity index (χ4v) is 2.75. The highest BCUT2D eigenvalue weighted by Gasteiger charge is 2.26. The molecule has 0 bridgehead atoms. The van der Waals surface area contributed by atoms with E-state index in [-0.39, 0.29) is 0 Å². The van der Waals surface area contributed by atoms with Gasteiger partial charge in [0.1, 0.15) is 0 Å². The predicted molar refractivity (Wildman–Crippen MR) is 67.4 cm³/mol. The Morgan fingerprint density at radius 3 is 2.60 bits per heavy atom. The number of benzene rings is 1. The van der Waals surface area contributed by atoms with Gasteiger partial charge in [0.25, 0.3) is 0 Å². The van der Waals surface area contributed by atoms with Gasteiger partial charge in [-0.1, -0.05) is 25.1 Å². The summed E-state index contributed by atoms with van der Waals surface area (Å²) < 4.78 is 0. The normalized spacial score (nSPS) is 15.9. The number of nitrogens with zero attached hydrogens (tertiary/aromatic N) is 1. The van der Waals surface area contributed by atoms with Gasteiger partial charge in [-0.15, -0.1) is 11.8 Å². The molecule has 0 unspecified atom stereocenters. The second-order valence-electron chi connectivity index (χ2n) is 4.02. The highest BCUT2D eigenvalue weighted by atomic mass is 32.2. The topological polar surface area (TPSA) is 3.24 Å². The van der Waals surface area contributed by atoms with Crippen LogP contribution < -0.4 is 0 Å². The van der Waals surface area contributed by atoms with Crippen LogP contribution in [0.25, 0.3) is 0 Å². The van der Waals surface area contributed by atoms with Crippen molar-refractivity contribution in [2.75, 3.05) is 18.8 Å². The van der Waals surface area contributed by atoms with Gasteiger partial charge in [0.05, 0.1) is 0 Å². The van der Waals surface area contributed by atoms with E-state index in [1.165, 1.54) is 36.6 Å². The minimum Gasteiger partial charge on any atom is -0.300 e. The molecule has 0 saturated heterocycles. The molecule has 82 valence electrons. The van der Waals surface area contributed by atoms with Crippen molar-refractivity contribution in [1.82, 2.24) is 4.90 Å². The van der Waals surface area contributed by atoms with Crippen molar-refractivity contribution in [3.8, 4) is 0 Å². The zero-order valence-electron chi connectivity index (χ0n) is 9.36. The number of thioether (sulfide) groups is 1. The maximum Gasteiger partial charge on any atom is 0.0108 e. The molecule has 0 spiro atoms. The molecule has 0 aliphatic heterocycles. The van der Waals surface area contributed by atoms with Gasteiger partial charge in [-0.2, -0.15) is 0 Å². The summed E-state index contributed by atoms with van der Waals surface area (Å²) in [5, 5.41) is 0. The maximum absolute atomic E-state index is 2.61. The zero-order chi connectivity index (χ0) is 10.5. The standard InChI is InChI=1S/C13H19NS/c1-2-14(12-8-9-12)10-11-15-13-6-4-3-5-7-13/h3-7,12H,2,8-11H2,1H3. The zero-order valence-corrected chi connectivity index (χ0v) is 10.2. The lowest BCUT2D eigenvalue weighted by Crippen LogP contribution is -2.27. The van der Waals surface area contributed by atoms with Crippen LogP contribution >= 0.6 is 11.8 Å². The van der Waals surface area contributed by atoms with E-state index in [4.69, 9.17) is 0 Å². The minimum atomic E-state index is 0.909. The highest BCUT2D eigenvalue weighted by molar-refractivity contribution is 7.99. The monoisotopic (exact) mass is 221 g/mol. The Balaban J connectivity index is 1.69. The average Bonchev–Trinajstić information content (AvgIpc) is 3.10. The molecule has 0 amide bonds. The van der Waals surface area contributed by atoms with E-state index in [2.05, 4.69) is 42.2 Å². The molecule has 1 aliphatic carbocycles. The van der Waals surface area contributed by atoms with Crippen LogP contribution in [0.3, 0.4) is 0 Å². The molecule has 0 atom stereocenters. The summed E-state index contributed by atoms with van der Waals surface area (Å²) in [5.41, 5.74) is 0. The molecular weight excluding hydrogens is 202 g/mol. The molecule has 1 saturated carbocycles. The largest absolute Gasteiger partial charge is 0.300 e. The van der Waals surface area contributed by atoms with Crippen molar-refractivity contribution in [2.24, 2.45) is 0 Å². The Morgan fingerprint density at radius 1 is 1.27 bits per heavy atom. The van der Waals surface area contributed by atoms with Crippen LogP contribution in [-0.4, -0.2) is 29.8 Å². The van der Waals surface area contributed by atoms with Crippen LogP contribution in [0.2, 0.25) is 0 Å². The molecule has 2 heteroatoms. The molecule has 1 aromatic carbocycles. The van der Waals surface area contributed by atoms with Crippen LogP contribution in [0.15, 0.2) is 35.2 Å². The Kier molecular flexibility index (Phi) is 4.09. The summed E-state index contributed by atoms with van der Waals surface area (Å²) in [5.74, 6) is 1.22. The highest BCUT2D eigenvalue weighted by Crippen LogP contribution is 2.27. The first kappa shape index (κ1) is 11.0. The third-order valence-corrected chi connectivity index (χ3v) is 3.85. The van der Waals surface area contributed by atoms with Crippen LogP contribution in [0, 0.1) is 0 Å². The number of rotatable bonds is 6. The van der Waals surface area contributed by atoms with Gasteiger partial charge in [0.2, 0.25) is 0 Å². The van der Waals surface area contributed by atoms with Gasteiger partial charge < -0.3 is 0 Å². The molecular formula is C13H19NS. The first-order chi connectivity index (χ1) is 7.40. The molecule has 1 nitrogen and oxygen atoms in total. The van der Waals surface area contributed by atoms with E-state index < -0.39 is 0 Å². The Hall–Kier alpha value is -0.470. The summed E-state index contributed by atoms with van der Waals surface area (Å²) >= 11 is 1.97. The minimum absolute atomic E-state index is 0.909. The molecule has 1 aliphatic rings. The van der Waals surface area contributed by atoms with Crippen LogP contribution in [-0.2, 0) is 0 Å². The quantitative estimate of drug-likeness (QED) is 0.678. The molecule has 1 aromatic rings. The Labute approximate surface area is 96.9 Å². The summed E-state index contributed by atoms with van der Waals surface area (Å²) in [6, 6.07) is 11.6. The predicted octanol–water partition coefficient (Wildman–Crippen LogP) is 3.26. The van der Waals surface area contributed by atoms with Crippen LogP contribution in [0.5, 0.6) is 0 Å². The molecule has 0 N–H and O–H groups in total. The van der Waals surface area contributed by atoms with Crippen LogP contribution in [0.4, 0.5) is 0 Å². The van der Waals surface area contributed by atoms with Crippen LogP contribution in [0.1, 0.15) is 19.8 Å². The van der Waals surface area contributed by atoms with Gasteiger partial charge in [-0.3, -0.25) is 4.90 Å². The maximum atomic E-state index is 2.61. The van der Waals surface area contributed by atoms with Crippen molar-refractivity contribution >= 4 is 11.8 Å². The lowest BCUT2D eigenvalue weighted by molar-refractivity contribution is 0.296. The van der Waals surface area contributed by atoms with E-state index >= 15 is 0 Å². The molecule has 0 radical (unpaired) electrons. The van der Waals surface area contributed by atoms with E-state index in [0.717, 1.165) is 6.04 Å². The van der Waals surface area contributed by atoms with Crippen molar-refractivity contribution < 1.29 is 0 Å². The SMILES string of the molecule is CCN(CCSc1ccccc1)C1CC1. The van der Waals surface area contributed by atoms with E-state index in [1.807, 2.05) is 11.8 Å². The van der Waals surface area contributed by atoms with Gasteiger partial charge in [-0.25, -0.2) is 0 Å². The van der Waals surface area contributed by atoms with Crippen molar-refractivity contribution in [1.29, 1.82) is 0 Å². The summed E-state index contributed by atoms with van der Waals surface area (Å²) in [6.45, 7) is 4.71. The lowest BCUT2D eigenvalue weighted by Gasteiger charge is -2.19. The number of hydrogen-bond donors (Lipinski definition) is 0. The van der Waals surface area contributed by atoms with Crippen molar-refractivity contribution in [3.63, 3.8) is 0 Å². The Bertz CT molecular complexity index is 282. The first-order valence-electron chi connectivity index (χ1n) is 5.82. The smallest absolute Gasteiger partial charge is 0.0108 e. The fraction of sp³-hybridized carbons (Fsp3) is 0.538. The lowest BCUT2D eigenvalue weighted by atomic mass is 10.4. The van der Waals surface area contributed by atoms with Gasteiger partial charge >= 0.3 is 0 Å². The van der Waals surface area contributed by atoms with Crippen molar-refractivity contribution in [2.45, 2.75) is 30.7 Å². The van der Waals surface area contributed by atoms with Gasteiger partial charge in [-0.05, 0) is 31.5 Å². The van der Waals surface area contributed by atoms with Crippen molar-refractivity contribution in [3.05, 3.63) is 30.3 Å². The molecule has 0 aromatic heterocycles. The number of hydrogen-bond acceptors (Lipinski definition) is 2. The van der Waals surface area contributed by atoms with Gasteiger partial charge in [0, 0.05) is 23.2 Å². The van der Waals surface area contributed by atoms with E-state index in [9.17, 15) is 0 Å². The fourth-order valence-electron chi connectivity index (χ4n) is 1.84.